The van der Waals surface area contributed by atoms with Crippen molar-refractivity contribution in [2.24, 2.45) is 5.73 Å². The fourth-order valence-corrected chi connectivity index (χ4v) is 1.28. The van der Waals surface area contributed by atoms with Gasteiger partial charge in [0.15, 0.2) is 0 Å². The third-order valence-electron chi connectivity index (χ3n) is 2.20. The van der Waals surface area contributed by atoms with E-state index in [2.05, 4.69) is 0 Å². The average molecular weight is 202 g/mol. The molecule has 4 nitrogen and oxygen atoms in total. The van der Waals surface area contributed by atoms with Crippen molar-refractivity contribution in [3.8, 4) is 11.8 Å². The first-order valence-electron chi connectivity index (χ1n) is 4.71. The van der Waals surface area contributed by atoms with Gasteiger partial charge < -0.3 is 10.5 Å². The monoisotopic (exact) mass is 202 g/mol. The molecule has 0 unspecified atom stereocenters. The number of nitrogens with two attached hydrogens (primary N) is 1. The molecule has 1 fully saturated rings. The number of nitrogens with zero attached hydrogens (tertiary/aromatic N) is 1. The number of benzene rings is 1. The number of rotatable bonds is 3. The summed E-state index contributed by atoms with van der Waals surface area (Å²) < 4.78 is 5.50. The maximum absolute atomic E-state index is 11.0. The lowest BCUT2D eigenvalue weighted by Gasteiger charge is -2.05. The number of hydrogen-bond donors (Lipinski definition) is 1. The summed E-state index contributed by atoms with van der Waals surface area (Å²) in [5.74, 6) is 0.0311. The summed E-state index contributed by atoms with van der Waals surface area (Å²) in [7, 11) is 0. The highest BCUT2D eigenvalue weighted by molar-refractivity contribution is 5.95. The largest absolute Gasteiger partial charge is 0.490 e. The van der Waals surface area contributed by atoms with Gasteiger partial charge in [-0.3, -0.25) is 4.79 Å². The summed E-state index contributed by atoms with van der Waals surface area (Å²) >= 11 is 0. The Balaban J connectivity index is 2.29. The molecule has 0 bridgehead atoms. The molecule has 0 heterocycles. The minimum atomic E-state index is -0.593. The zero-order valence-corrected chi connectivity index (χ0v) is 8.06. The van der Waals surface area contributed by atoms with Crippen molar-refractivity contribution in [1.82, 2.24) is 0 Å². The van der Waals surface area contributed by atoms with Crippen molar-refractivity contribution in [3.63, 3.8) is 0 Å². The van der Waals surface area contributed by atoms with Gasteiger partial charge in [0.25, 0.3) is 0 Å². The van der Waals surface area contributed by atoms with Gasteiger partial charge in [0, 0.05) is 0 Å². The molecule has 0 radical (unpaired) electrons. The van der Waals surface area contributed by atoms with Gasteiger partial charge in [-0.1, -0.05) is 0 Å². The normalized spacial score (nSPS) is 14.3. The van der Waals surface area contributed by atoms with E-state index in [0.717, 1.165) is 12.8 Å². The van der Waals surface area contributed by atoms with Crippen LogP contribution in [0.15, 0.2) is 18.2 Å². The van der Waals surface area contributed by atoms with Crippen LogP contribution in [0.5, 0.6) is 5.75 Å². The Morgan fingerprint density at radius 3 is 2.80 bits per heavy atom. The van der Waals surface area contributed by atoms with Crippen LogP contribution in [0.4, 0.5) is 0 Å². The van der Waals surface area contributed by atoms with Crippen LogP contribution in [0.2, 0.25) is 0 Å². The number of nitriles is 1. The van der Waals surface area contributed by atoms with Crippen LogP contribution < -0.4 is 10.5 Å². The molecule has 0 aliphatic heterocycles. The first-order chi connectivity index (χ1) is 7.20. The molecule has 1 aromatic carbocycles. The van der Waals surface area contributed by atoms with Crippen molar-refractivity contribution in [2.45, 2.75) is 18.9 Å². The molecular formula is C11H10N2O2. The lowest BCUT2D eigenvalue weighted by molar-refractivity contribution is 0.1000. The summed E-state index contributed by atoms with van der Waals surface area (Å²) in [6, 6.07) is 6.68. The first kappa shape index (κ1) is 9.53. The summed E-state index contributed by atoms with van der Waals surface area (Å²) in [5.41, 5.74) is 5.62. The number of carbonyl (C=O) groups excluding carboxylic acids is 1. The molecule has 0 aromatic heterocycles. The van der Waals surface area contributed by atoms with E-state index in [9.17, 15) is 4.79 Å². The Labute approximate surface area is 87.3 Å². The zero-order chi connectivity index (χ0) is 10.8. The average Bonchev–Trinajstić information content (AvgIpc) is 3.01. The maximum Gasteiger partial charge on any atom is 0.250 e. The third kappa shape index (κ3) is 2.08. The second kappa shape index (κ2) is 3.62. The van der Waals surface area contributed by atoms with Crippen molar-refractivity contribution in [1.29, 1.82) is 5.26 Å². The van der Waals surface area contributed by atoms with E-state index < -0.39 is 5.91 Å². The molecular weight excluding hydrogens is 192 g/mol. The van der Waals surface area contributed by atoms with Gasteiger partial charge in [-0.25, -0.2) is 0 Å². The van der Waals surface area contributed by atoms with Crippen molar-refractivity contribution in [3.05, 3.63) is 29.3 Å². The summed E-state index contributed by atoms with van der Waals surface area (Å²) in [6.45, 7) is 0. The minimum Gasteiger partial charge on any atom is -0.490 e. The van der Waals surface area contributed by atoms with E-state index in [1.54, 1.807) is 12.1 Å². The van der Waals surface area contributed by atoms with Gasteiger partial charge in [-0.15, -0.1) is 0 Å². The fourth-order valence-electron chi connectivity index (χ4n) is 1.28. The number of ether oxygens (including phenoxy) is 1. The van der Waals surface area contributed by atoms with Gasteiger partial charge in [0.1, 0.15) is 11.8 Å². The highest BCUT2D eigenvalue weighted by atomic mass is 16.5. The van der Waals surface area contributed by atoms with E-state index in [1.807, 2.05) is 6.07 Å². The van der Waals surface area contributed by atoms with Crippen LogP contribution >= 0.6 is 0 Å². The Kier molecular flexibility index (Phi) is 2.30. The standard InChI is InChI=1S/C11H10N2O2/c12-6-7-5-9(15-8-1-2-8)3-4-10(7)11(13)14/h3-5,8H,1-2H2,(H2,13,14). The van der Waals surface area contributed by atoms with Crippen LogP contribution in [-0.4, -0.2) is 12.0 Å². The molecule has 1 aliphatic carbocycles. The minimum absolute atomic E-state index is 0.237. The molecule has 2 rings (SSSR count). The van der Waals surface area contributed by atoms with Gasteiger partial charge in [-0.05, 0) is 31.0 Å². The second-order valence-electron chi connectivity index (χ2n) is 3.50. The van der Waals surface area contributed by atoms with Crippen LogP contribution in [0.1, 0.15) is 28.8 Å². The molecule has 15 heavy (non-hydrogen) atoms. The van der Waals surface area contributed by atoms with E-state index in [0.29, 0.717) is 5.75 Å². The Bertz CT molecular complexity index is 444. The molecule has 1 aromatic rings. The molecule has 2 N–H and O–H groups in total. The highest BCUT2D eigenvalue weighted by Crippen LogP contribution is 2.27. The van der Waals surface area contributed by atoms with Crippen LogP contribution in [0.3, 0.4) is 0 Å². The van der Waals surface area contributed by atoms with Gasteiger partial charge in [0.05, 0.1) is 17.2 Å². The zero-order valence-electron chi connectivity index (χ0n) is 8.06. The topological polar surface area (TPSA) is 76.1 Å². The SMILES string of the molecule is N#Cc1cc(OC2CC2)ccc1C(N)=O. The van der Waals surface area contributed by atoms with Crippen molar-refractivity contribution in [2.75, 3.05) is 0 Å². The smallest absolute Gasteiger partial charge is 0.250 e. The molecule has 1 saturated carbocycles. The van der Waals surface area contributed by atoms with Gasteiger partial charge >= 0.3 is 0 Å². The second-order valence-corrected chi connectivity index (χ2v) is 3.50. The Hall–Kier alpha value is -2.02. The highest BCUT2D eigenvalue weighted by Gasteiger charge is 2.23. The summed E-state index contributed by atoms with van der Waals surface area (Å²) in [6.07, 6.45) is 2.38. The first-order valence-corrected chi connectivity index (χ1v) is 4.71. The summed E-state index contributed by atoms with van der Waals surface area (Å²) in [4.78, 5) is 11.0. The maximum atomic E-state index is 11.0. The molecule has 4 heteroatoms. The van der Waals surface area contributed by atoms with E-state index in [4.69, 9.17) is 15.7 Å². The van der Waals surface area contributed by atoms with E-state index in [1.165, 1.54) is 6.07 Å². The van der Waals surface area contributed by atoms with Crippen molar-refractivity contribution >= 4 is 5.91 Å². The van der Waals surface area contributed by atoms with E-state index in [-0.39, 0.29) is 17.2 Å². The van der Waals surface area contributed by atoms with Crippen LogP contribution in [-0.2, 0) is 0 Å². The van der Waals surface area contributed by atoms with Crippen LogP contribution in [0, 0.1) is 11.3 Å². The Morgan fingerprint density at radius 1 is 1.53 bits per heavy atom. The lowest BCUT2D eigenvalue weighted by atomic mass is 10.1. The number of carbonyl (C=O) groups is 1. The molecule has 1 aliphatic rings. The van der Waals surface area contributed by atoms with Crippen LogP contribution in [0.25, 0.3) is 0 Å². The summed E-state index contributed by atoms with van der Waals surface area (Å²) in [5, 5.41) is 8.83. The number of amides is 1. The van der Waals surface area contributed by atoms with E-state index >= 15 is 0 Å². The Morgan fingerprint density at radius 2 is 2.27 bits per heavy atom. The lowest BCUT2D eigenvalue weighted by Crippen LogP contribution is -2.13. The molecule has 1 amide bonds. The number of hydrogen-bond acceptors (Lipinski definition) is 3. The molecule has 0 atom stereocenters. The molecule has 76 valence electrons. The third-order valence-corrected chi connectivity index (χ3v) is 2.20. The quantitative estimate of drug-likeness (QED) is 0.800. The fraction of sp³-hybridized carbons (Fsp3) is 0.273. The molecule has 0 saturated heterocycles. The predicted molar refractivity (Wildman–Crippen MR) is 53.3 cm³/mol. The molecule has 0 spiro atoms. The number of primary amides is 1. The van der Waals surface area contributed by atoms with Crippen molar-refractivity contribution < 1.29 is 9.53 Å². The predicted octanol–water partition coefficient (Wildman–Crippen LogP) is 1.20. The van der Waals surface area contributed by atoms with Gasteiger partial charge in [0.2, 0.25) is 5.91 Å². The van der Waals surface area contributed by atoms with Gasteiger partial charge in [-0.2, -0.15) is 5.26 Å².